The third-order valence-corrected chi connectivity index (χ3v) is 2.68. The Bertz CT molecular complexity index is 203. The summed E-state index contributed by atoms with van der Waals surface area (Å²) in [4.78, 5) is 11.3. The second kappa shape index (κ2) is 7.63. The van der Waals surface area contributed by atoms with Crippen LogP contribution in [0.3, 0.4) is 0 Å². The molecule has 0 fully saturated rings. The van der Waals surface area contributed by atoms with Gasteiger partial charge in [0.25, 0.3) is 0 Å². The van der Waals surface area contributed by atoms with Gasteiger partial charge in [-0.2, -0.15) is 0 Å². The van der Waals surface area contributed by atoms with Crippen molar-refractivity contribution in [2.24, 2.45) is 5.41 Å². The molecule has 96 valence electrons. The fourth-order valence-corrected chi connectivity index (χ4v) is 1.10. The van der Waals surface area contributed by atoms with Crippen molar-refractivity contribution >= 4 is 5.91 Å². The summed E-state index contributed by atoms with van der Waals surface area (Å²) in [5.74, 6) is -0.0114. The van der Waals surface area contributed by atoms with Crippen molar-refractivity contribution in [3.63, 3.8) is 0 Å². The fourth-order valence-electron chi connectivity index (χ4n) is 1.10. The highest BCUT2D eigenvalue weighted by Gasteiger charge is 2.13. The van der Waals surface area contributed by atoms with E-state index in [1.165, 1.54) is 0 Å². The molecule has 0 aliphatic rings. The van der Waals surface area contributed by atoms with Gasteiger partial charge in [0.1, 0.15) is 0 Å². The number of nitrogens with one attached hydrogen (secondary N) is 2. The molecule has 0 aromatic heterocycles. The van der Waals surface area contributed by atoms with Crippen LogP contribution in [0.4, 0.5) is 0 Å². The second-order valence-electron chi connectivity index (χ2n) is 5.10. The lowest BCUT2D eigenvalue weighted by atomic mass is 9.90. The summed E-state index contributed by atoms with van der Waals surface area (Å²) in [5.41, 5.74) is 0.288. The SMILES string of the molecule is CCC(C)(C)CNCCC(=O)NCC(C)O. The molecule has 16 heavy (non-hydrogen) atoms. The highest BCUT2D eigenvalue weighted by Crippen LogP contribution is 2.17. The largest absolute Gasteiger partial charge is 0.392 e. The highest BCUT2D eigenvalue weighted by molar-refractivity contribution is 5.76. The molecule has 0 saturated heterocycles. The molecule has 0 radical (unpaired) electrons. The molecule has 0 bridgehead atoms. The zero-order chi connectivity index (χ0) is 12.6. The van der Waals surface area contributed by atoms with Gasteiger partial charge in [0.05, 0.1) is 6.10 Å². The molecule has 1 atom stereocenters. The van der Waals surface area contributed by atoms with E-state index in [1.807, 2.05) is 0 Å². The number of carbonyl (C=O) groups is 1. The Morgan fingerprint density at radius 3 is 2.56 bits per heavy atom. The zero-order valence-electron chi connectivity index (χ0n) is 11.0. The molecule has 0 saturated carbocycles. The van der Waals surface area contributed by atoms with Gasteiger partial charge >= 0.3 is 0 Å². The average molecular weight is 230 g/mol. The van der Waals surface area contributed by atoms with E-state index in [9.17, 15) is 4.79 Å². The van der Waals surface area contributed by atoms with Crippen LogP contribution in [0.15, 0.2) is 0 Å². The van der Waals surface area contributed by atoms with E-state index in [2.05, 4.69) is 31.4 Å². The Hall–Kier alpha value is -0.610. The van der Waals surface area contributed by atoms with Gasteiger partial charge in [-0.3, -0.25) is 4.79 Å². The van der Waals surface area contributed by atoms with Crippen LogP contribution < -0.4 is 10.6 Å². The van der Waals surface area contributed by atoms with Crippen LogP contribution in [0, 0.1) is 5.41 Å². The van der Waals surface area contributed by atoms with Gasteiger partial charge in [-0.15, -0.1) is 0 Å². The summed E-state index contributed by atoms with van der Waals surface area (Å²) < 4.78 is 0. The van der Waals surface area contributed by atoms with Gasteiger partial charge in [0.2, 0.25) is 5.91 Å². The third kappa shape index (κ3) is 8.68. The number of hydrogen-bond donors (Lipinski definition) is 3. The maximum absolute atomic E-state index is 11.3. The number of hydrogen-bond acceptors (Lipinski definition) is 3. The van der Waals surface area contributed by atoms with Crippen LogP contribution >= 0.6 is 0 Å². The molecular formula is C12H26N2O2. The van der Waals surface area contributed by atoms with Crippen molar-refractivity contribution in [3.05, 3.63) is 0 Å². The molecular weight excluding hydrogens is 204 g/mol. The van der Waals surface area contributed by atoms with Crippen LogP contribution in [0.5, 0.6) is 0 Å². The minimum atomic E-state index is -0.476. The molecule has 3 N–H and O–H groups in total. The lowest BCUT2D eigenvalue weighted by Gasteiger charge is -2.22. The van der Waals surface area contributed by atoms with E-state index >= 15 is 0 Å². The molecule has 0 aliphatic heterocycles. The number of aliphatic hydroxyl groups excluding tert-OH is 1. The van der Waals surface area contributed by atoms with Gasteiger partial charge < -0.3 is 15.7 Å². The number of amides is 1. The van der Waals surface area contributed by atoms with E-state index in [1.54, 1.807) is 6.92 Å². The number of rotatable bonds is 8. The summed E-state index contributed by atoms with van der Waals surface area (Å²) in [5, 5.41) is 14.9. The van der Waals surface area contributed by atoms with Gasteiger partial charge in [0, 0.05) is 26.1 Å². The van der Waals surface area contributed by atoms with E-state index in [-0.39, 0.29) is 11.3 Å². The number of aliphatic hydroxyl groups is 1. The summed E-state index contributed by atoms with van der Waals surface area (Å²) >= 11 is 0. The minimum Gasteiger partial charge on any atom is -0.392 e. The first-order valence-corrected chi connectivity index (χ1v) is 6.03. The Balaban J connectivity index is 3.48. The average Bonchev–Trinajstić information content (AvgIpc) is 2.21. The first-order chi connectivity index (χ1) is 7.37. The van der Waals surface area contributed by atoms with Crippen molar-refractivity contribution in [1.82, 2.24) is 10.6 Å². The normalized spacial score (nSPS) is 13.6. The van der Waals surface area contributed by atoms with E-state index in [0.29, 0.717) is 19.5 Å². The maximum Gasteiger partial charge on any atom is 0.221 e. The van der Waals surface area contributed by atoms with Crippen LogP contribution in [-0.4, -0.2) is 36.8 Å². The maximum atomic E-state index is 11.3. The molecule has 1 unspecified atom stereocenters. The van der Waals surface area contributed by atoms with Crippen LogP contribution in [0.2, 0.25) is 0 Å². The molecule has 1 amide bonds. The first-order valence-electron chi connectivity index (χ1n) is 6.03. The van der Waals surface area contributed by atoms with Gasteiger partial charge in [-0.05, 0) is 18.8 Å². The molecule has 0 spiro atoms. The Morgan fingerprint density at radius 2 is 2.06 bits per heavy atom. The van der Waals surface area contributed by atoms with Crippen molar-refractivity contribution in [2.75, 3.05) is 19.6 Å². The van der Waals surface area contributed by atoms with Crippen molar-refractivity contribution < 1.29 is 9.90 Å². The Kier molecular flexibility index (Phi) is 7.34. The van der Waals surface area contributed by atoms with Gasteiger partial charge in [0.15, 0.2) is 0 Å². The molecule has 0 aromatic rings. The zero-order valence-corrected chi connectivity index (χ0v) is 11.0. The van der Waals surface area contributed by atoms with Crippen molar-refractivity contribution in [3.8, 4) is 0 Å². The molecule has 0 rings (SSSR count). The van der Waals surface area contributed by atoms with Crippen molar-refractivity contribution in [1.29, 1.82) is 0 Å². The predicted octanol–water partition coefficient (Wildman–Crippen LogP) is 0.899. The van der Waals surface area contributed by atoms with Crippen LogP contribution in [0.25, 0.3) is 0 Å². The lowest BCUT2D eigenvalue weighted by Crippen LogP contribution is -2.35. The molecule has 0 aromatic carbocycles. The monoisotopic (exact) mass is 230 g/mol. The third-order valence-electron chi connectivity index (χ3n) is 2.68. The molecule has 4 nitrogen and oxygen atoms in total. The molecule has 0 aliphatic carbocycles. The summed E-state index contributed by atoms with van der Waals surface area (Å²) in [7, 11) is 0. The topological polar surface area (TPSA) is 61.4 Å². The van der Waals surface area contributed by atoms with Crippen molar-refractivity contribution in [2.45, 2.75) is 46.6 Å². The Morgan fingerprint density at radius 1 is 1.44 bits per heavy atom. The highest BCUT2D eigenvalue weighted by atomic mass is 16.3. The summed E-state index contributed by atoms with van der Waals surface area (Å²) in [6.07, 6.45) is 1.11. The predicted molar refractivity (Wildman–Crippen MR) is 66.2 cm³/mol. The quantitative estimate of drug-likeness (QED) is 0.543. The van der Waals surface area contributed by atoms with Crippen LogP contribution in [-0.2, 0) is 4.79 Å². The smallest absolute Gasteiger partial charge is 0.221 e. The standard InChI is InChI=1S/C12H26N2O2/c1-5-12(3,4)9-13-7-6-11(16)14-8-10(2)15/h10,13,15H,5-9H2,1-4H3,(H,14,16). The van der Waals surface area contributed by atoms with E-state index in [4.69, 9.17) is 5.11 Å². The summed E-state index contributed by atoms with van der Waals surface area (Å²) in [6.45, 7) is 10.2. The minimum absolute atomic E-state index is 0.0114. The number of carbonyl (C=O) groups excluding carboxylic acids is 1. The molecule has 0 heterocycles. The second-order valence-corrected chi connectivity index (χ2v) is 5.10. The summed E-state index contributed by atoms with van der Waals surface area (Å²) in [6, 6.07) is 0. The van der Waals surface area contributed by atoms with Gasteiger partial charge in [-0.1, -0.05) is 20.8 Å². The molecule has 4 heteroatoms. The Labute approximate surface area is 98.8 Å². The van der Waals surface area contributed by atoms with Gasteiger partial charge in [-0.25, -0.2) is 0 Å². The van der Waals surface area contributed by atoms with E-state index < -0.39 is 6.10 Å². The van der Waals surface area contributed by atoms with E-state index in [0.717, 1.165) is 13.0 Å². The lowest BCUT2D eigenvalue weighted by molar-refractivity contribution is -0.121. The fraction of sp³-hybridized carbons (Fsp3) is 0.917. The first kappa shape index (κ1) is 15.4. The van der Waals surface area contributed by atoms with Crippen LogP contribution in [0.1, 0.15) is 40.5 Å².